The maximum Gasteiger partial charge on any atom is 0.259 e. The van der Waals surface area contributed by atoms with E-state index in [-0.39, 0.29) is 24.2 Å². The van der Waals surface area contributed by atoms with E-state index in [1.54, 1.807) is 37.3 Å². The highest BCUT2D eigenvalue weighted by Gasteiger charge is 2.29. The maximum atomic E-state index is 13.1. The maximum absolute atomic E-state index is 13.1. The fraction of sp³-hybridized carbons (Fsp3) is 0.300. The van der Waals surface area contributed by atoms with E-state index in [9.17, 15) is 9.59 Å². The summed E-state index contributed by atoms with van der Waals surface area (Å²) in [5.74, 6) is -0.267. The lowest BCUT2D eigenvalue weighted by Crippen LogP contribution is -2.30. The van der Waals surface area contributed by atoms with Crippen LogP contribution in [0.3, 0.4) is 0 Å². The summed E-state index contributed by atoms with van der Waals surface area (Å²) in [6.45, 7) is 2.47. The number of halogens is 1. The molecule has 2 aromatic heterocycles. The summed E-state index contributed by atoms with van der Waals surface area (Å²) in [6, 6.07) is 8.65. The van der Waals surface area contributed by atoms with Gasteiger partial charge >= 0.3 is 0 Å². The van der Waals surface area contributed by atoms with E-state index in [1.165, 1.54) is 0 Å². The monoisotopic (exact) mass is 415 g/mol. The number of amides is 2. The Morgan fingerprint density at radius 1 is 1.21 bits per heavy atom. The molecule has 0 bridgehead atoms. The first-order valence-electron chi connectivity index (χ1n) is 9.24. The second kappa shape index (κ2) is 8.59. The number of carbonyl (C=O) groups is 2. The summed E-state index contributed by atoms with van der Waals surface area (Å²) in [6.07, 6.45) is 2.10. The second-order valence-corrected chi connectivity index (χ2v) is 6.86. The standard InChI is InChI=1S/C20H21N5O3.ClH/c1-11-17-14(10-16(12-6-7-12)24-20(17)28-25-11)19(27)23-15-5-3-2-4-13(15)18(26)22-9-8-21;/h2-5,10,12H,6-9,21H2,1H3,(H,22,26)(H,23,27);1H. The van der Waals surface area contributed by atoms with Crippen molar-refractivity contribution in [2.24, 2.45) is 5.73 Å². The number of benzene rings is 1. The summed E-state index contributed by atoms with van der Waals surface area (Å²) >= 11 is 0. The number of hydrogen-bond acceptors (Lipinski definition) is 6. The third-order valence-corrected chi connectivity index (χ3v) is 4.73. The number of fused-ring (bicyclic) bond motifs is 1. The van der Waals surface area contributed by atoms with Crippen LogP contribution in [0.4, 0.5) is 5.69 Å². The molecule has 9 heteroatoms. The van der Waals surface area contributed by atoms with Gasteiger partial charge in [0.1, 0.15) is 0 Å². The van der Waals surface area contributed by atoms with Gasteiger partial charge in [-0.25, -0.2) is 4.98 Å². The van der Waals surface area contributed by atoms with Crippen molar-refractivity contribution in [1.29, 1.82) is 0 Å². The van der Waals surface area contributed by atoms with E-state index >= 15 is 0 Å². The Bertz CT molecular complexity index is 1060. The normalized spacial score (nSPS) is 13.0. The Kier molecular flexibility index (Phi) is 6.14. The number of hydrogen-bond donors (Lipinski definition) is 3. The molecule has 4 N–H and O–H groups in total. The molecule has 2 heterocycles. The van der Waals surface area contributed by atoms with E-state index < -0.39 is 0 Å². The Morgan fingerprint density at radius 2 is 1.97 bits per heavy atom. The zero-order valence-corrected chi connectivity index (χ0v) is 16.7. The molecule has 0 spiro atoms. The molecule has 1 aromatic carbocycles. The highest BCUT2D eigenvalue weighted by Crippen LogP contribution is 2.40. The number of nitrogens with two attached hydrogens (primary N) is 1. The average Bonchev–Trinajstić information content (AvgIpc) is 3.49. The molecule has 8 nitrogen and oxygen atoms in total. The van der Waals surface area contributed by atoms with Crippen molar-refractivity contribution in [3.63, 3.8) is 0 Å². The van der Waals surface area contributed by atoms with E-state index in [0.29, 0.717) is 52.6 Å². The van der Waals surface area contributed by atoms with Gasteiger partial charge in [0.15, 0.2) is 0 Å². The molecule has 0 unspecified atom stereocenters. The van der Waals surface area contributed by atoms with Crippen LogP contribution in [0.5, 0.6) is 0 Å². The number of anilines is 1. The number of rotatable bonds is 6. The van der Waals surface area contributed by atoms with E-state index in [1.807, 2.05) is 0 Å². The first kappa shape index (κ1) is 20.8. The molecular weight excluding hydrogens is 394 g/mol. The highest BCUT2D eigenvalue weighted by atomic mass is 35.5. The van der Waals surface area contributed by atoms with Crippen molar-refractivity contribution >= 4 is 41.0 Å². The molecule has 29 heavy (non-hydrogen) atoms. The molecule has 1 aliphatic carbocycles. The van der Waals surface area contributed by atoms with Crippen LogP contribution < -0.4 is 16.4 Å². The van der Waals surface area contributed by atoms with Gasteiger partial charge in [-0.3, -0.25) is 9.59 Å². The minimum Gasteiger partial charge on any atom is -0.351 e. The minimum atomic E-state index is -0.334. The number of aromatic nitrogens is 2. The zero-order chi connectivity index (χ0) is 19.7. The van der Waals surface area contributed by atoms with Gasteiger partial charge in [0, 0.05) is 24.7 Å². The quantitative estimate of drug-likeness (QED) is 0.568. The molecule has 0 saturated heterocycles. The van der Waals surface area contributed by atoms with Gasteiger partial charge in [-0.1, -0.05) is 17.3 Å². The topological polar surface area (TPSA) is 123 Å². The number of para-hydroxylation sites is 1. The molecule has 2 amide bonds. The van der Waals surface area contributed by atoms with Gasteiger partial charge in [0.25, 0.3) is 17.5 Å². The third-order valence-electron chi connectivity index (χ3n) is 4.73. The summed E-state index contributed by atoms with van der Waals surface area (Å²) in [7, 11) is 0. The minimum absolute atomic E-state index is 0. The van der Waals surface area contributed by atoms with Gasteiger partial charge in [-0.2, -0.15) is 0 Å². The SMILES string of the molecule is Cc1noc2nc(C3CC3)cc(C(=O)Nc3ccccc3C(=O)NCCN)c12.Cl. The van der Waals surface area contributed by atoms with Gasteiger partial charge in [-0.05, 0) is 38.0 Å². The Morgan fingerprint density at radius 3 is 2.69 bits per heavy atom. The predicted octanol–water partition coefficient (Wildman–Crippen LogP) is 2.77. The van der Waals surface area contributed by atoms with Crippen molar-refractivity contribution in [1.82, 2.24) is 15.5 Å². The van der Waals surface area contributed by atoms with Crippen molar-refractivity contribution in [2.75, 3.05) is 18.4 Å². The average molecular weight is 416 g/mol. The van der Waals surface area contributed by atoms with Crippen LogP contribution in [0.1, 0.15) is 50.9 Å². The molecule has 1 aliphatic rings. The summed E-state index contributed by atoms with van der Waals surface area (Å²) < 4.78 is 5.30. The molecule has 3 aromatic rings. The van der Waals surface area contributed by atoms with Gasteiger partial charge in [0.05, 0.1) is 27.9 Å². The van der Waals surface area contributed by atoms with E-state index in [2.05, 4.69) is 20.8 Å². The van der Waals surface area contributed by atoms with Gasteiger partial charge in [0.2, 0.25) is 0 Å². The van der Waals surface area contributed by atoms with Crippen LogP contribution >= 0.6 is 12.4 Å². The molecule has 0 aliphatic heterocycles. The molecule has 4 rings (SSSR count). The number of nitrogens with one attached hydrogen (secondary N) is 2. The molecule has 1 saturated carbocycles. The third kappa shape index (κ3) is 4.23. The number of carbonyl (C=O) groups excluding carboxylic acids is 2. The first-order chi connectivity index (χ1) is 13.6. The van der Waals surface area contributed by atoms with Gasteiger partial charge < -0.3 is 20.9 Å². The Hall–Kier alpha value is -2.97. The molecule has 0 atom stereocenters. The fourth-order valence-corrected chi connectivity index (χ4v) is 3.14. The number of aryl methyl sites for hydroxylation is 1. The Balaban J connectivity index is 0.00000240. The van der Waals surface area contributed by atoms with Crippen molar-refractivity contribution in [3.05, 3.63) is 52.8 Å². The highest BCUT2D eigenvalue weighted by molar-refractivity contribution is 6.14. The number of nitrogens with zero attached hydrogens (tertiary/aromatic N) is 2. The van der Waals surface area contributed by atoms with Crippen molar-refractivity contribution < 1.29 is 14.1 Å². The van der Waals surface area contributed by atoms with Crippen LogP contribution in [0.25, 0.3) is 11.1 Å². The lowest BCUT2D eigenvalue weighted by atomic mass is 10.1. The summed E-state index contributed by atoms with van der Waals surface area (Å²) in [4.78, 5) is 30.0. The smallest absolute Gasteiger partial charge is 0.259 e. The Labute approximate surface area is 173 Å². The zero-order valence-electron chi connectivity index (χ0n) is 15.9. The first-order valence-corrected chi connectivity index (χ1v) is 9.24. The lowest BCUT2D eigenvalue weighted by molar-refractivity contribution is 0.0955. The largest absolute Gasteiger partial charge is 0.351 e. The van der Waals surface area contributed by atoms with Crippen LogP contribution in [-0.2, 0) is 0 Å². The summed E-state index contributed by atoms with van der Waals surface area (Å²) in [5, 5.41) is 10.1. The second-order valence-electron chi connectivity index (χ2n) is 6.86. The predicted molar refractivity (Wildman–Crippen MR) is 112 cm³/mol. The molecule has 152 valence electrons. The molecule has 0 radical (unpaired) electrons. The van der Waals surface area contributed by atoms with E-state index in [0.717, 1.165) is 18.5 Å². The van der Waals surface area contributed by atoms with Crippen LogP contribution in [0.2, 0.25) is 0 Å². The lowest BCUT2D eigenvalue weighted by Gasteiger charge is -2.12. The molecular formula is C20H22ClN5O3. The fourth-order valence-electron chi connectivity index (χ4n) is 3.14. The van der Waals surface area contributed by atoms with E-state index in [4.69, 9.17) is 10.3 Å². The van der Waals surface area contributed by atoms with Crippen molar-refractivity contribution in [3.8, 4) is 0 Å². The van der Waals surface area contributed by atoms with Crippen LogP contribution in [0.15, 0.2) is 34.9 Å². The van der Waals surface area contributed by atoms with Crippen molar-refractivity contribution in [2.45, 2.75) is 25.7 Å². The van der Waals surface area contributed by atoms with Gasteiger partial charge in [-0.15, -0.1) is 12.4 Å². The molecule has 1 fully saturated rings. The summed E-state index contributed by atoms with van der Waals surface area (Å²) in [5.41, 5.74) is 8.49. The van der Waals surface area contributed by atoms with Crippen LogP contribution in [-0.4, -0.2) is 35.0 Å². The van der Waals surface area contributed by atoms with Crippen LogP contribution in [0, 0.1) is 6.92 Å². The number of pyridine rings is 1.